The lowest BCUT2D eigenvalue weighted by Crippen LogP contribution is -2.31. The van der Waals surface area contributed by atoms with E-state index < -0.39 is 0 Å². The van der Waals surface area contributed by atoms with Crippen molar-refractivity contribution < 1.29 is 0 Å². The molecule has 3 heterocycles. The number of aryl methyl sites for hydroxylation is 2. The Bertz CT molecular complexity index is 828. The van der Waals surface area contributed by atoms with Crippen LogP contribution in [0.3, 0.4) is 0 Å². The number of benzene rings is 1. The van der Waals surface area contributed by atoms with Gasteiger partial charge in [0, 0.05) is 37.1 Å². The number of nitrogens with zero attached hydrogens (tertiary/aromatic N) is 4. The highest BCUT2D eigenvalue weighted by Gasteiger charge is 2.21. The molecule has 2 aromatic heterocycles. The van der Waals surface area contributed by atoms with E-state index in [1.54, 1.807) is 6.20 Å². The number of fused-ring (bicyclic) bond motifs is 1. The minimum atomic E-state index is 0.534. The van der Waals surface area contributed by atoms with Crippen LogP contribution in [0.4, 0.5) is 5.69 Å². The average Bonchev–Trinajstić information content (AvgIpc) is 3.03. The highest BCUT2D eigenvalue weighted by Crippen LogP contribution is 2.25. The third-order valence-corrected chi connectivity index (χ3v) is 4.76. The van der Waals surface area contributed by atoms with Crippen molar-refractivity contribution in [3.63, 3.8) is 0 Å². The van der Waals surface area contributed by atoms with Crippen LogP contribution in [0, 0.1) is 0 Å². The van der Waals surface area contributed by atoms with Gasteiger partial charge in [0.15, 0.2) is 0 Å². The van der Waals surface area contributed by atoms with Crippen molar-refractivity contribution in [1.82, 2.24) is 14.5 Å². The largest absolute Gasteiger partial charge is 0.365 e. The van der Waals surface area contributed by atoms with Gasteiger partial charge in [0.2, 0.25) is 0 Å². The molecule has 1 aliphatic rings. The predicted octanol–water partition coefficient (Wildman–Crippen LogP) is 3.74. The number of anilines is 1. The van der Waals surface area contributed by atoms with Crippen LogP contribution in [0.1, 0.15) is 17.0 Å². The molecule has 1 aromatic carbocycles. The monoisotopic (exact) mass is 338 g/mol. The molecule has 0 unspecified atom stereocenters. The fourth-order valence-electron chi connectivity index (χ4n) is 3.27. The van der Waals surface area contributed by atoms with Gasteiger partial charge in [-0.05, 0) is 24.1 Å². The molecule has 1 aliphatic heterocycles. The van der Waals surface area contributed by atoms with E-state index in [-0.39, 0.29) is 0 Å². The number of hydrogen-bond acceptors (Lipinski definition) is 3. The number of halogens is 1. The molecule has 0 aliphatic carbocycles. The molecule has 0 saturated carbocycles. The lowest BCUT2D eigenvalue weighted by molar-refractivity contribution is 0.625. The fraction of sp³-hybridized carbons (Fsp3) is 0.263. The summed E-state index contributed by atoms with van der Waals surface area (Å²) >= 11 is 6.01. The summed E-state index contributed by atoms with van der Waals surface area (Å²) in [7, 11) is 0. The zero-order valence-electron chi connectivity index (χ0n) is 13.4. The third-order valence-electron chi connectivity index (χ3n) is 4.55. The molecule has 5 heteroatoms. The summed E-state index contributed by atoms with van der Waals surface area (Å²) in [6.07, 6.45) is 5.78. The Morgan fingerprint density at radius 3 is 2.79 bits per heavy atom. The molecule has 24 heavy (non-hydrogen) atoms. The summed E-state index contributed by atoms with van der Waals surface area (Å²) in [4.78, 5) is 11.0. The number of hydrogen-bond donors (Lipinski definition) is 0. The van der Waals surface area contributed by atoms with Gasteiger partial charge in [0.1, 0.15) is 5.15 Å². The first-order valence-corrected chi connectivity index (χ1v) is 8.61. The molecule has 0 amide bonds. The van der Waals surface area contributed by atoms with Crippen molar-refractivity contribution in [2.45, 2.75) is 25.9 Å². The van der Waals surface area contributed by atoms with E-state index in [9.17, 15) is 0 Å². The van der Waals surface area contributed by atoms with E-state index in [1.165, 1.54) is 17.0 Å². The van der Waals surface area contributed by atoms with Crippen molar-refractivity contribution in [2.75, 3.05) is 11.4 Å². The number of rotatable bonds is 4. The highest BCUT2D eigenvalue weighted by atomic mass is 35.5. The molecule has 0 atom stereocenters. The quantitative estimate of drug-likeness (QED) is 0.680. The Balaban J connectivity index is 1.47. The second-order valence-corrected chi connectivity index (χ2v) is 6.46. The Morgan fingerprint density at radius 1 is 1.08 bits per heavy atom. The zero-order chi connectivity index (χ0) is 16.4. The predicted molar refractivity (Wildman–Crippen MR) is 96.4 cm³/mol. The van der Waals surface area contributed by atoms with Gasteiger partial charge in [-0.3, -0.25) is 0 Å². The average molecular weight is 339 g/mol. The number of pyridine rings is 1. The van der Waals surface area contributed by atoms with Crippen LogP contribution in [-0.4, -0.2) is 21.1 Å². The zero-order valence-corrected chi connectivity index (χ0v) is 14.2. The fourth-order valence-corrected chi connectivity index (χ4v) is 3.43. The summed E-state index contributed by atoms with van der Waals surface area (Å²) in [6, 6.07) is 14.5. The summed E-state index contributed by atoms with van der Waals surface area (Å²) < 4.78 is 2.30. The van der Waals surface area contributed by atoms with Crippen LogP contribution in [-0.2, 0) is 25.9 Å². The van der Waals surface area contributed by atoms with Crippen molar-refractivity contribution in [2.24, 2.45) is 0 Å². The lowest BCUT2D eigenvalue weighted by Gasteiger charge is -2.29. The molecule has 0 fully saturated rings. The summed E-state index contributed by atoms with van der Waals surface area (Å²) in [5, 5.41) is 0.534. The number of imidazole rings is 1. The van der Waals surface area contributed by atoms with E-state index in [1.807, 2.05) is 18.5 Å². The maximum absolute atomic E-state index is 6.01. The molecule has 0 saturated heterocycles. The van der Waals surface area contributed by atoms with Gasteiger partial charge in [-0.25, -0.2) is 9.97 Å². The molecular formula is C19H19ClN4. The topological polar surface area (TPSA) is 34.0 Å². The molecule has 122 valence electrons. The van der Waals surface area contributed by atoms with E-state index in [0.29, 0.717) is 5.15 Å². The van der Waals surface area contributed by atoms with Gasteiger partial charge >= 0.3 is 0 Å². The highest BCUT2D eigenvalue weighted by molar-refractivity contribution is 6.29. The summed E-state index contributed by atoms with van der Waals surface area (Å²) in [5.74, 6) is 0. The maximum atomic E-state index is 6.01. The number of aromatic nitrogens is 3. The first kappa shape index (κ1) is 15.2. The standard InChI is InChI=1S/C19H19ClN4/c20-19-12-16(6-9-21-19)23-11-8-18-17(13-23)22-14-24(18)10-7-15-4-2-1-3-5-15/h1-6,9,12,14H,7-8,10-11,13H2. The molecular weight excluding hydrogens is 320 g/mol. The van der Waals surface area contributed by atoms with Crippen LogP contribution in [0.25, 0.3) is 0 Å². The molecule has 0 bridgehead atoms. The van der Waals surface area contributed by atoms with Crippen LogP contribution >= 0.6 is 11.6 Å². The second kappa shape index (κ2) is 6.65. The first-order chi connectivity index (χ1) is 11.8. The Labute approximate surface area is 146 Å². The summed E-state index contributed by atoms with van der Waals surface area (Å²) in [5.41, 5.74) is 5.01. The minimum Gasteiger partial charge on any atom is -0.365 e. The SMILES string of the molecule is Clc1cc(N2CCc3c(ncn3CCc3ccccc3)C2)ccn1. The lowest BCUT2D eigenvalue weighted by atomic mass is 10.1. The van der Waals surface area contributed by atoms with Crippen molar-refractivity contribution in [3.8, 4) is 0 Å². The molecule has 4 nitrogen and oxygen atoms in total. The van der Waals surface area contributed by atoms with Crippen molar-refractivity contribution >= 4 is 17.3 Å². The first-order valence-electron chi connectivity index (χ1n) is 8.23. The molecule has 4 rings (SSSR count). The van der Waals surface area contributed by atoms with Gasteiger partial charge in [-0.1, -0.05) is 41.9 Å². The maximum Gasteiger partial charge on any atom is 0.131 e. The van der Waals surface area contributed by atoms with Crippen molar-refractivity contribution in [3.05, 3.63) is 77.1 Å². The molecule has 3 aromatic rings. The van der Waals surface area contributed by atoms with Gasteiger partial charge in [-0.15, -0.1) is 0 Å². The van der Waals surface area contributed by atoms with E-state index in [4.69, 9.17) is 11.6 Å². The van der Waals surface area contributed by atoms with Gasteiger partial charge < -0.3 is 9.47 Å². The Kier molecular flexibility index (Phi) is 4.22. The smallest absolute Gasteiger partial charge is 0.131 e. The van der Waals surface area contributed by atoms with Crippen LogP contribution in [0.5, 0.6) is 0 Å². The Hall–Kier alpha value is -2.33. The molecule has 0 radical (unpaired) electrons. The van der Waals surface area contributed by atoms with Crippen molar-refractivity contribution in [1.29, 1.82) is 0 Å². The second-order valence-electron chi connectivity index (χ2n) is 6.08. The minimum absolute atomic E-state index is 0.534. The van der Waals surface area contributed by atoms with Crippen LogP contribution in [0.15, 0.2) is 55.0 Å². The molecule has 0 N–H and O–H groups in total. The summed E-state index contributed by atoms with van der Waals surface area (Å²) in [6.45, 7) is 2.78. The van der Waals surface area contributed by atoms with Gasteiger partial charge in [0.05, 0.1) is 18.6 Å². The van der Waals surface area contributed by atoms with Crippen LogP contribution < -0.4 is 4.90 Å². The van der Waals surface area contributed by atoms with Gasteiger partial charge in [0.25, 0.3) is 0 Å². The Morgan fingerprint density at radius 2 is 1.96 bits per heavy atom. The third kappa shape index (κ3) is 3.15. The van der Waals surface area contributed by atoms with Gasteiger partial charge in [-0.2, -0.15) is 0 Å². The van der Waals surface area contributed by atoms with Crippen LogP contribution in [0.2, 0.25) is 5.15 Å². The van der Waals surface area contributed by atoms with E-state index in [0.717, 1.165) is 38.2 Å². The normalized spacial score (nSPS) is 13.8. The van der Waals surface area contributed by atoms with E-state index in [2.05, 4.69) is 49.8 Å². The van der Waals surface area contributed by atoms with E-state index >= 15 is 0 Å². The molecule has 0 spiro atoms.